The highest BCUT2D eigenvalue weighted by atomic mass is 35.5. The molecule has 0 atom stereocenters. The molecule has 1 heterocycles. The fraction of sp³-hybridized carbons (Fsp3) is 0.727. The van der Waals surface area contributed by atoms with Gasteiger partial charge in [-0.25, -0.2) is 0 Å². The Hall–Kier alpha value is -0.730. The summed E-state index contributed by atoms with van der Waals surface area (Å²) in [6, 6.07) is 4.71. The Morgan fingerprint density at radius 3 is 1.88 bits per heavy atom. The van der Waals surface area contributed by atoms with E-state index < -0.39 is 0 Å². The van der Waals surface area contributed by atoms with Crippen molar-refractivity contribution in [2.75, 3.05) is 24.7 Å². The van der Waals surface area contributed by atoms with Gasteiger partial charge in [0.05, 0.1) is 6.67 Å². The molecule has 138 valence electrons. The maximum atomic E-state index is 2.90. The third-order valence-corrected chi connectivity index (χ3v) is 7.61. The largest absolute Gasteiger partial charge is 0.357 e. The van der Waals surface area contributed by atoms with Crippen LogP contribution in [0.3, 0.4) is 0 Å². The highest BCUT2D eigenvalue weighted by Gasteiger charge is 2.54. The number of halogens is 1. The quantitative estimate of drug-likeness (QED) is 0.725. The van der Waals surface area contributed by atoms with Crippen LogP contribution in [0, 0.1) is 38.5 Å². The average molecular weight is 361 g/mol. The lowest BCUT2D eigenvalue weighted by Gasteiger charge is -2.60. The van der Waals surface area contributed by atoms with Gasteiger partial charge in [0.1, 0.15) is 0 Å². The summed E-state index contributed by atoms with van der Waals surface area (Å²) in [7, 11) is 0. The van der Waals surface area contributed by atoms with Crippen molar-refractivity contribution in [3.05, 3.63) is 28.8 Å². The summed E-state index contributed by atoms with van der Waals surface area (Å²) < 4.78 is 0. The van der Waals surface area contributed by atoms with E-state index in [-0.39, 0.29) is 12.4 Å². The zero-order chi connectivity index (χ0) is 16.5. The first-order valence-corrected chi connectivity index (χ1v) is 10.1. The molecule has 1 aliphatic heterocycles. The van der Waals surface area contributed by atoms with E-state index >= 15 is 0 Å². The molecular weight excluding hydrogens is 328 g/mol. The van der Waals surface area contributed by atoms with Crippen LogP contribution >= 0.6 is 12.4 Å². The standard InChI is InChI=1S/C22H32N2.ClH/c1-15-6-16(2)21(17(3)7-15)23-4-5-24(14-23)22-11-18-8-19(12-22)10-20(9-18)13-22;/h6-7,18-20H,4-5,8-14H2,1-3H3;1H. The van der Waals surface area contributed by atoms with Crippen LogP contribution in [0.5, 0.6) is 0 Å². The minimum Gasteiger partial charge on any atom is -0.357 e. The lowest BCUT2D eigenvalue weighted by atomic mass is 9.52. The maximum Gasteiger partial charge on any atom is 0.0713 e. The predicted molar refractivity (Wildman–Crippen MR) is 108 cm³/mol. The Labute approximate surface area is 159 Å². The average Bonchev–Trinajstić information content (AvgIpc) is 2.95. The van der Waals surface area contributed by atoms with E-state index in [0.29, 0.717) is 5.54 Å². The maximum absolute atomic E-state index is 2.90. The summed E-state index contributed by atoms with van der Waals surface area (Å²) >= 11 is 0. The van der Waals surface area contributed by atoms with Gasteiger partial charge in [0.2, 0.25) is 0 Å². The Kier molecular flexibility index (Phi) is 4.36. The van der Waals surface area contributed by atoms with Crippen LogP contribution in [-0.2, 0) is 0 Å². The van der Waals surface area contributed by atoms with Crippen molar-refractivity contribution in [1.29, 1.82) is 0 Å². The highest BCUT2D eigenvalue weighted by molar-refractivity contribution is 5.85. The molecule has 0 aromatic heterocycles. The molecule has 1 aromatic rings. The van der Waals surface area contributed by atoms with Crippen LogP contribution in [0.1, 0.15) is 55.2 Å². The summed E-state index contributed by atoms with van der Waals surface area (Å²) in [6.07, 6.45) is 9.14. The van der Waals surface area contributed by atoms with Gasteiger partial charge < -0.3 is 4.90 Å². The van der Waals surface area contributed by atoms with E-state index in [1.54, 1.807) is 19.3 Å². The fourth-order valence-electron chi connectivity index (χ4n) is 7.28. The predicted octanol–water partition coefficient (Wildman–Crippen LogP) is 5.08. The molecule has 0 N–H and O–H groups in total. The number of hydrogen-bond acceptors (Lipinski definition) is 2. The molecule has 4 saturated carbocycles. The number of nitrogens with zero attached hydrogens (tertiary/aromatic N) is 2. The summed E-state index contributed by atoms with van der Waals surface area (Å²) in [5.74, 6) is 3.15. The molecule has 4 bridgehead atoms. The van der Waals surface area contributed by atoms with Crippen molar-refractivity contribution in [3.63, 3.8) is 0 Å². The third-order valence-electron chi connectivity index (χ3n) is 7.61. The van der Waals surface area contributed by atoms with E-state index in [9.17, 15) is 0 Å². The van der Waals surface area contributed by atoms with Crippen molar-refractivity contribution in [2.45, 2.75) is 64.8 Å². The molecule has 25 heavy (non-hydrogen) atoms. The summed E-state index contributed by atoms with van der Waals surface area (Å²) in [5, 5.41) is 0. The Bertz CT molecular complexity index is 610. The Morgan fingerprint density at radius 1 is 0.840 bits per heavy atom. The first kappa shape index (κ1) is 17.7. The van der Waals surface area contributed by atoms with Gasteiger partial charge in [0.15, 0.2) is 0 Å². The lowest BCUT2D eigenvalue weighted by molar-refractivity contribution is -0.0797. The number of rotatable bonds is 2. The van der Waals surface area contributed by atoms with Gasteiger partial charge in [-0.05, 0) is 88.2 Å². The minimum absolute atomic E-state index is 0. The molecule has 6 rings (SSSR count). The molecule has 5 fully saturated rings. The molecular formula is C22H33ClN2. The molecule has 0 spiro atoms. The van der Waals surface area contributed by atoms with Crippen molar-refractivity contribution in [2.24, 2.45) is 17.8 Å². The molecule has 2 nitrogen and oxygen atoms in total. The first-order chi connectivity index (χ1) is 11.5. The highest BCUT2D eigenvalue weighted by Crippen LogP contribution is 2.58. The van der Waals surface area contributed by atoms with Gasteiger partial charge in [0.25, 0.3) is 0 Å². The number of anilines is 1. The SMILES string of the molecule is Cc1cc(C)c(N2CCN(C34CC5CC(CC(C5)C3)C4)C2)c(C)c1.Cl. The molecule has 1 aromatic carbocycles. The molecule has 0 amide bonds. The van der Waals surface area contributed by atoms with Gasteiger partial charge in [-0.15, -0.1) is 12.4 Å². The number of benzene rings is 1. The van der Waals surface area contributed by atoms with E-state index in [2.05, 4.69) is 42.7 Å². The molecule has 0 radical (unpaired) electrons. The zero-order valence-electron chi connectivity index (χ0n) is 16.1. The van der Waals surface area contributed by atoms with Crippen LogP contribution in [0.15, 0.2) is 12.1 Å². The number of hydrogen-bond donors (Lipinski definition) is 0. The molecule has 5 aliphatic rings. The van der Waals surface area contributed by atoms with Gasteiger partial charge >= 0.3 is 0 Å². The van der Waals surface area contributed by atoms with Gasteiger partial charge in [0, 0.05) is 24.3 Å². The Morgan fingerprint density at radius 2 is 1.36 bits per heavy atom. The molecule has 4 aliphatic carbocycles. The second-order valence-electron chi connectivity index (χ2n) is 9.56. The van der Waals surface area contributed by atoms with E-state index in [1.807, 2.05) is 0 Å². The van der Waals surface area contributed by atoms with Gasteiger partial charge in [-0.1, -0.05) is 17.7 Å². The van der Waals surface area contributed by atoms with Gasteiger partial charge in [-0.2, -0.15) is 0 Å². The normalized spacial score (nSPS) is 36.8. The lowest BCUT2D eigenvalue weighted by Crippen LogP contribution is -2.59. The van der Waals surface area contributed by atoms with Crippen LogP contribution in [0.25, 0.3) is 0 Å². The monoisotopic (exact) mass is 360 g/mol. The second kappa shape index (κ2) is 6.16. The molecule has 3 heteroatoms. The Balaban J connectivity index is 0.00000157. The van der Waals surface area contributed by atoms with Crippen LogP contribution in [0.4, 0.5) is 5.69 Å². The van der Waals surface area contributed by atoms with E-state index in [0.717, 1.165) is 24.4 Å². The second-order valence-corrected chi connectivity index (χ2v) is 9.56. The van der Waals surface area contributed by atoms with Crippen molar-refractivity contribution in [1.82, 2.24) is 4.90 Å². The van der Waals surface area contributed by atoms with Crippen molar-refractivity contribution < 1.29 is 0 Å². The summed E-state index contributed by atoms with van der Waals surface area (Å²) in [4.78, 5) is 5.57. The summed E-state index contributed by atoms with van der Waals surface area (Å²) in [5.41, 5.74) is 6.38. The van der Waals surface area contributed by atoms with Crippen LogP contribution < -0.4 is 4.90 Å². The van der Waals surface area contributed by atoms with Crippen LogP contribution in [0.2, 0.25) is 0 Å². The fourth-order valence-corrected chi connectivity index (χ4v) is 7.28. The van der Waals surface area contributed by atoms with Gasteiger partial charge in [-0.3, -0.25) is 4.90 Å². The molecule has 0 unspecified atom stereocenters. The van der Waals surface area contributed by atoms with Crippen LogP contribution in [-0.4, -0.2) is 30.2 Å². The first-order valence-electron chi connectivity index (χ1n) is 10.1. The van der Waals surface area contributed by atoms with Crippen molar-refractivity contribution >= 4 is 18.1 Å². The smallest absolute Gasteiger partial charge is 0.0713 e. The minimum atomic E-state index is 0. The zero-order valence-corrected chi connectivity index (χ0v) is 16.9. The van der Waals surface area contributed by atoms with E-state index in [1.165, 1.54) is 54.7 Å². The van der Waals surface area contributed by atoms with Crippen molar-refractivity contribution in [3.8, 4) is 0 Å². The molecule has 1 saturated heterocycles. The number of aryl methyl sites for hydroxylation is 3. The summed E-state index contributed by atoms with van der Waals surface area (Å²) in [6.45, 7) is 10.5. The van der Waals surface area contributed by atoms with E-state index in [4.69, 9.17) is 0 Å². The topological polar surface area (TPSA) is 6.48 Å². The third kappa shape index (κ3) is 2.80.